The summed E-state index contributed by atoms with van der Waals surface area (Å²) in [7, 11) is 0. The zero-order valence-electron chi connectivity index (χ0n) is 6.47. The van der Waals surface area contributed by atoms with Crippen molar-refractivity contribution < 1.29 is 4.39 Å². The summed E-state index contributed by atoms with van der Waals surface area (Å²) < 4.78 is 12.9. The molecule has 0 atom stereocenters. The monoisotopic (exact) mass is 219 g/mol. The Balaban J connectivity index is 2.89. The largest absolute Gasteiger partial charge is 0.330 e. The van der Waals surface area contributed by atoms with Gasteiger partial charge in [0.25, 0.3) is 0 Å². The Bertz CT molecular complexity index is 332. The van der Waals surface area contributed by atoms with Crippen molar-refractivity contribution in [3.05, 3.63) is 29.0 Å². The fourth-order valence-corrected chi connectivity index (χ4v) is 1.04. The molecule has 70 valence electrons. The summed E-state index contributed by atoms with van der Waals surface area (Å²) in [5, 5.41) is 2.78. The van der Waals surface area contributed by atoms with E-state index in [1.54, 1.807) is 6.07 Å². The van der Waals surface area contributed by atoms with E-state index in [-0.39, 0.29) is 10.1 Å². The van der Waals surface area contributed by atoms with E-state index in [2.05, 4.69) is 10.7 Å². The fraction of sp³-hybridized carbons (Fsp3) is 0. The first kappa shape index (κ1) is 10.2. The predicted molar refractivity (Wildman–Crippen MR) is 55.0 cm³/mol. The molecule has 0 saturated carbocycles. The molecule has 13 heavy (non-hydrogen) atoms. The minimum Gasteiger partial charge on any atom is -0.330 e. The summed E-state index contributed by atoms with van der Waals surface area (Å²) in [5.41, 5.74) is 2.58. The summed E-state index contributed by atoms with van der Waals surface area (Å²) in [6.07, 6.45) is 0. The molecule has 0 aromatic heterocycles. The lowest BCUT2D eigenvalue weighted by atomic mass is 10.3. The number of hydrazine groups is 1. The number of thiocarbonyl (C=S) groups is 1. The van der Waals surface area contributed by atoms with E-state index in [1.807, 2.05) is 0 Å². The van der Waals surface area contributed by atoms with Gasteiger partial charge in [-0.2, -0.15) is 0 Å². The van der Waals surface area contributed by atoms with Gasteiger partial charge in [0.15, 0.2) is 5.11 Å². The van der Waals surface area contributed by atoms with Crippen LogP contribution in [0.1, 0.15) is 0 Å². The van der Waals surface area contributed by atoms with E-state index in [0.717, 1.165) is 0 Å². The van der Waals surface area contributed by atoms with Crippen LogP contribution in [0.3, 0.4) is 0 Å². The van der Waals surface area contributed by atoms with Gasteiger partial charge in [0, 0.05) is 0 Å². The summed E-state index contributed by atoms with van der Waals surface area (Å²) in [6.45, 7) is 0. The molecular formula is C7H7ClFN3S. The maximum atomic E-state index is 12.9. The van der Waals surface area contributed by atoms with Crippen LogP contribution in [-0.4, -0.2) is 5.11 Å². The van der Waals surface area contributed by atoms with E-state index in [1.165, 1.54) is 12.1 Å². The van der Waals surface area contributed by atoms with E-state index >= 15 is 0 Å². The van der Waals surface area contributed by atoms with Gasteiger partial charge in [-0.1, -0.05) is 17.7 Å². The molecule has 0 aliphatic rings. The van der Waals surface area contributed by atoms with Gasteiger partial charge in [-0.3, -0.25) is 0 Å². The Labute approximate surface area is 85.0 Å². The van der Waals surface area contributed by atoms with E-state index < -0.39 is 5.82 Å². The quantitative estimate of drug-likeness (QED) is 0.382. The molecule has 0 aliphatic carbocycles. The maximum absolute atomic E-state index is 12.9. The van der Waals surface area contributed by atoms with Crippen molar-refractivity contribution in [3.8, 4) is 0 Å². The predicted octanol–water partition coefficient (Wildman–Crippen LogP) is 1.64. The van der Waals surface area contributed by atoms with Gasteiger partial charge in [-0.05, 0) is 24.4 Å². The number of rotatable bonds is 1. The molecule has 0 radical (unpaired) electrons. The second kappa shape index (κ2) is 4.36. The lowest BCUT2D eigenvalue weighted by molar-refractivity contribution is 0.629. The van der Waals surface area contributed by atoms with E-state index in [9.17, 15) is 4.39 Å². The minimum atomic E-state index is -0.508. The molecule has 3 nitrogen and oxygen atoms in total. The van der Waals surface area contributed by atoms with Crippen LogP contribution in [0.2, 0.25) is 5.02 Å². The number of hydrogen-bond donors (Lipinski definition) is 3. The van der Waals surface area contributed by atoms with Crippen LogP contribution in [0.4, 0.5) is 10.1 Å². The van der Waals surface area contributed by atoms with Crippen molar-refractivity contribution in [3.63, 3.8) is 0 Å². The Morgan fingerprint density at radius 1 is 1.54 bits per heavy atom. The van der Waals surface area contributed by atoms with Gasteiger partial charge in [-0.15, -0.1) is 0 Å². The Morgan fingerprint density at radius 2 is 2.23 bits per heavy atom. The first-order valence-electron chi connectivity index (χ1n) is 3.36. The number of hydrogen-bond acceptors (Lipinski definition) is 2. The molecule has 0 spiro atoms. The summed E-state index contributed by atoms with van der Waals surface area (Å²) >= 11 is 10.3. The molecule has 4 N–H and O–H groups in total. The van der Waals surface area contributed by atoms with Crippen molar-refractivity contribution in [1.82, 2.24) is 5.43 Å². The average Bonchev–Trinajstić information content (AvgIpc) is 2.13. The van der Waals surface area contributed by atoms with Crippen LogP contribution in [0, 0.1) is 5.82 Å². The molecule has 0 unspecified atom stereocenters. The van der Waals surface area contributed by atoms with Crippen molar-refractivity contribution in [1.29, 1.82) is 0 Å². The summed E-state index contributed by atoms with van der Waals surface area (Å²) in [6, 6.07) is 4.37. The average molecular weight is 220 g/mol. The second-order valence-electron chi connectivity index (χ2n) is 2.20. The highest BCUT2D eigenvalue weighted by Gasteiger charge is 2.05. The van der Waals surface area contributed by atoms with Crippen LogP contribution >= 0.6 is 23.8 Å². The zero-order chi connectivity index (χ0) is 9.84. The topological polar surface area (TPSA) is 50.1 Å². The molecular weight excluding hydrogens is 213 g/mol. The second-order valence-corrected chi connectivity index (χ2v) is 2.99. The third kappa shape index (κ3) is 2.51. The number of nitrogens with one attached hydrogen (secondary N) is 2. The fourth-order valence-electron chi connectivity index (χ4n) is 0.759. The molecule has 0 fully saturated rings. The minimum absolute atomic E-state index is 0.0138. The normalized spacial score (nSPS) is 9.46. The van der Waals surface area contributed by atoms with Crippen molar-refractivity contribution in [2.24, 2.45) is 5.84 Å². The first-order valence-corrected chi connectivity index (χ1v) is 4.15. The Hall–Kier alpha value is -0.910. The van der Waals surface area contributed by atoms with Crippen LogP contribution in [0.5, 0.6) is 0 Å². The lowest BCUT2D eigenvalue weighted by Crippen LogP contribution is -2.34. The highest BCUT2D eigenvalue weighted by molar-refractivity contribution is 7.80. The van der Waals surface area contributed by atoms with Crippen LogP contribution < -0.4 is 16.6 Å². The molecule has 0 aliphatic heterocycles. The molecule has 0 saturated heterocycles. The maximum Gasteiger partial charge on any atom is 0.185 e. The number of benzene rings is 1. The van der Waals surface area contributed by atoms with Gasteiger partial charge in [0.1, 0.15) is 5.82 Å². The van der Waals surface area contributed by atoms with Crippen LogP contribution in [0.25, 0.3) is 0 Å². The van der Waals surface area contributed by atoms with Gasteiger partial charge in [-0.25, -0.2) is 10.2 Å². The van der Waals surface area contributed by atoms with Crippen LogP contribution in [-0.2, 0) is 0 Å². The standard InChI is InChI=1S/C7H7ClFN3S/c8-6-4(9)2-1-3-5(6)11-7(13)12-10/h1-3H,10H2,(H2,11,12,13). The van der Waals surface area contributed by atoms with Gasteiger partial charge >= 0.3 is 0 Å². The lowest BCUT2D eigenvalue weighted by Gasteiger charge is -2.08. The van der Waals surface area contributed by atoms with E-state index in [0.29, 0.717) is 5.69 Å². The van der Waals surface area contributed by atoms with Gasteiger partial charge < -0.3 is 10.7 Å². The number of nitrogens with two attached hydrogens (primary N) is 1. The summed E-state index contributed by atoms with van der Waals surface area (Å²) in [5.74, 6) is 4.51. The molecule has 0 heterocycles. The van der Waals surface area contributed by atoms with Crippen molar-refractivity contribution >= 4 is 34.6 Å². The zero-order valence-corrected chi connectivity index (χ0v) is 8.05. The van der Waals surface area contributed by atoms with E-state index in [4.69, 9.17) is 29.7 Å². The molecule has 1 aromatic carbocycles. The van der Waals surface area contributed by atoms with Gasteiger partial charge in [0.2, 0.25) is 0 Å². The Kier molecular flexibility index (Phi) is 3.41. The van der Waals surface area contributed by atoms with Crippen molar-refractivity contribution in [2.45, 2.75) is 0 Å². The molecule has 0 amide bonds. The molecule has 1 aromatic rings. The molecule has 1 rings (SSSR count). The highest BCUT2D eigenvalue weighted by atomic mass is 35.5. The van der Waals surface area contributed by atoms with Gasteiger partial charge in [0.05, 0.1) is 10.7 Å². The molecule has 6 heteroatoms. The third-order valence-electron chi connectivity index (χ3n) is 1.33. The smallest absolute Gasteiger partial charge is 0.185 e. The number of anilines is 1. The SMILES string of the molecule is NNC(=S)Nc1cccc(F)c1Cl. The Morgan fingerprint density at radius 3 is 2.85 bits per heavy atom. The van der Waals surface area contributed by atoms with Crippen molar-refractivity contribution in [2.75, 3.05) is 5.32 Å². The summed E-state index contributed by atoms with van der Waals surface area (Å²) in [4.78, 5) is 0. The number of halogens is 2. The van der Waals surface area contributed by atoms with Crippen LogP contribution in [0.15, 0.2) is 18.2 Å². The molecule has 0 bridgehead atoms. The highest BCUT2D eigenvalue weighted by Crippen LogP contribution is 2.24. The third-order valence-corrected chi connectivity index (χ3v) is 1.93. The first-order chi connectivity index (χ1) is 6.15.